The molecule has 0 saturated carbocycles. The average Bonchev–Trinajstić information content (AvgIpc) is 3.27. The smallest absolute Gasteiger partial charge is 0.391 e. The highest BCUT2D eigenvalue weighted by atomic mass is 19.4. The molecule has 1 N–H and O–H groups in total. The first-order valence-corrected chi connectivity index (χ1v) is 12.3. The monoisotopic (exact) mass is 488 g/mol. The number of rotatable bonds is 4. The number of piperidine rings is 1. The van der Waals surface area contributed by atoms with Gasteiger partial charge < -0.3 is 19.7 Å². The minimum atomic E-state index is -4.34. The fraction of sp³-hybridized carbons (Fsp3) is 0.519. The van der Waals surface area contributed by atoms with Crippen LogP contribution in [0.2, 0.25) is 0 Å². The Balaban J connectivity index is 1.45. The van der Waals surface area contributed by atoms with Crippen LogP contribution in [-0.4, -0.2) is 56.4 Å². The summed E-state index contributed by atoms with van der Waals surface area (Å²) >= 11 is 0. The first-order chi connectivity index (χ1) is 16.8. The predicted octanol–water partition coefficient (Wildman–Crippen LogP) is 4.66. The maximum absolute atomic E-state index is 14.0. The molecule has 1 spiro atoms. The van der Waals surface area contributed by atoms with Crippen LogP contribution in [0.5, 0.6) is 11.5 Å². The molecular weight excluding hydrogens is 457 g/mol. The highest BCUT2D eigenvalue weighted by molar-refractivity contribution is 5.82. The largest absolute Gasteiger partial charge is 0.493 e. The van der Waals surface area contributed by atoms with Crippen molar-refractivity contribution < 1.29 is 27.4 Å². The van der Waals surface area contributed by atoms with Gasteiger partial charge >= 0.3 is 6.18 Å². The zero-order chi connectivity index (χ0) is 24.6. The molecule has 2 saturated heterocycles. The normalized spacial score (nSPS) is 28.5. The molecule has 3 aliphatic rings. The van der Waals surface area contributed by atoms with Gasteiger partial charge in [-0.3, -0.25) is 4.79 Å². The Morgan fingerprint density at radius 1 is 1.20 bits per heavy atom. The van der Waals surface area contributed by atoms with Crippen LogP contribution >= 0.6 is 0 Å². The van der Waals surface area contributed by atoms with E-state index in [0.29, 0.717) is 57.0 Å². The van der Waals surface area contributed by atoms with Crippen molar-refractivity contribution >= 4 is 5.91 Å². The minimum Gasteiger partial charge on any atom is -0.493 e. The lowest BCUT2D eigenvalue weighted by atomic mass is 9.68. The lowest BCUT2D eigenvalue weighted by Crippen LogP contribution is -2.54. The Morgan fingerprint density at radius 3 is 2.74 bits per heavy atom. The molecule has 2 aromatic carbocycles. The summed E-state index contributed by atoms with van der Waals surface area (Å²) in [5, 5.41) is 3.36. The molecule has 5 rings (SSSR count). The van der Waals surface area contributed by atoms with Crippen LogP contribution in [-0.2, 0) is 10.2 Å². The molecule has 0 bridgehead atoms. The molecule has 8 heteroatoms. The Morgan fingerprint density at radius 2 is 2.00 bits per heavy atom. The second-order valence-corrected chi connectivity index (χ2v) is 9.91. The summed E-state index contributed by atoms with van der Waals surface area (Å²) in [5.41, 5.74) is 1.41. The number of para-hydroxylation sites is 1. The first-order valence-electron chi connectivity index (χ1n) is 12.3. The van der Waals surface area contributed by atoms with Gasteiger partial charge in [-0.25, -0.2) is 0 Å². The number of carbonyl (C=O) groups excluding carboxylic acids is 1. The number of carbonyl (C=O) groups is 1. The maximum atomic E-state index is 14.0. The average molecular weight is 489 g/mol. The molecule has 0 radical (unpaired) electrons. The fourth-order valence-electron chi connectivity index (χ4n) is 6.34. The Hall–Kier alpha value is -2.74. The molecule has 35 heavy (non-hydrogen) atoms. The van der Waals surface area contributed by atoms with Crippen molar-refractivity contribution in [1.29, 1.82) is 0 Å². The summed E-state index contributed by atoms with van der Waals surface area (Å²) in [7, 11) is 1.58. The van der Waals surface area contributed by atoms with Crippen LogP contribution in [0.4, 0.5) is 13.2 Å². The van der Waals surface area contributed by atoms with Crippen molar-refractivity contribution in [2.75, 3.05) is 33.4 Å². The summed E-state index contributed by atoms with van der Waals surface area (Å²) in [6.07, 6.45) is -3.73. The highest BCUT2D eigenvalue weighted by Gasteiger charge is 2.53. The van der Waals surface area contributed by atoms with E-state index in [1.54, 1.807) is 7.11 Å². The number of amides is 1. The molecule has 2 aromatic rings. The lowest BCUT2D eigenvalue weighted by molar-refractivity contribution is -0.160. The molecule has 2 fully saturated rings. The number of fused-ring (bicyclic) bond motifs is 2. The number of hydrogen-bond acceptors (Lipinski definition) is 4. The van der Waals surface area contributed by atoms with Crippen molar-refractivity contribution in [2.45, 2.75) is 49.2 Å². The molecule has 0 aliphatic carbocycles. The standard InChI is InChI=1S/C27H31F3N2O3/c1-34-23-9-5-8-21-24(23)35-13-11-26(21)17-31-16-22(26)25(33)32-12-10-19(18-6-3-2-4-7-18)14-20(32)15-27(28,29)30/h2-9,19-20,22,31H,10-17H2,1H3. The third-order valence-electron chi connectivity index (χ3n) is 8.02. The van der Waals surface area contributed by atoms with E-state index in [-0.39, 0.29) is 11.8 Å². The molecule has 4 atom stereocenters. The fourth-order valence-corrected chi connectivity index (χ4v) is 6.34. The molecule has 0 aromatic heterocycles. The number of ether oxygens (including phenoxy) is 2. The van der Waals surface area contributed by atoms with Crippen molar-refractivity contribution in [3.8, 4) is 11.5 Å². The van der Waals surface area contributed by atoms with Gasteiger partial charge in [-0.05, 0) is 36.8 Å². The van der Waals surface area contributed by atoms with E-state index >= 15 is 0 Å². The topological polar surface area (TPSA) is 50.8 Å². The van der Waals surface area contributed by atoms with Gasteiger partial charge in [0, 0.05) is 36.7 Å². The minimum absolute atomic E-state index is 0.0105. The van der Waals surface area contributed by atoms with Crippen molar-refractivity contribution in [2.24, 2.45) is 5.92 Å². The molecule has 4 unspecified atom stereocenters. The quantitative estimate of drug-likeness (QED) is 0.680. The van der Waals surface area contributed by atoms with Crippen LogP contribution < -0.4 is 14.8 Å². The zero-order valence-electron chi connectivity index (χ0n) is 19.8. The Bertz CT molecular complexity index is 1060. The van der Waals surface area contributed by atoms with Crippen molar-refractivity contribution in [3.05, 3.63) is 59.7 Å². The van der Waals surface area contributed by atoms with E-state index in [1.165, 1.54) is 4.90 Å². The van der Waals surface area contributed by atoms with Gasteiger partial charge in [0.15, 0.2) is 11.5 Å². The third-order valence-corrected chi connectivity index (χ3v) is 8.02. The van der Waals surface area contributed by atoms with Crippen LogP contribution in [0.3, 0.4) is 0 Å². The third kappa shape index (κ3) is 4.48. The van der Waals surface area contributed by atoms with E-state index < -0.39 is 30.0 Å². The number of nitrogens with one attached hydrogen (secondary N) is 1. The van der Waals surface area contributed by atoms with Gasteiger partial charge in [0.2, 0.25) is 5.91 Å². The van der Waals surface area contributed by atoms with E-state index in [0.717, 1.165) is 11.1 Å². The second-order valence-electron chi connectivity index (χ2n) is 9.91. The summed E-state index contributed by atoms with van der Waals surface area (Å²) in [6, 6.07) is 14.5. The molecule has 188 valence electrons. The van der Waals surface area contributed by atoms with E-state index in [2.05, 4.69) is 5.32 Å². The molecule has 1 amide bonds. The Labute approximate surface area is 203 Å². The lowest BCUT2D eigenvalue weighted by Gasteiger charge is -2.45. The van der Waals surface area contributed by atoms with Crippen LogP contribution in [0, 0.1) is 5.92 Å². The number of hydrogen-bond donors (Lipinski definition) is 1. The SMILES string of the molecule is COc1cccc2c1OCCC21CNCC1C(=O)N1CCC(c2ccccc2)CC1CC(F)(F)F. The molecular formula is C27H31F3N2O3. The van der Waals surface area contributed by atoms with E-state index in [1.807, 2.05) is 48.5 Å². The predicted molar refractivity (Wildman–Crippen MR) is 126 cm³/mol. The van der Waals surface area contributed by atoms with Gasteiger partial charge in [0.1, 0.15) is 0 Å². The second kappa shape index (κ2) is 9.37. The van der Waals surface area contributed by atoms with Crippen molar-refractivity contribution in [3.63, 3.8) is 0 Å². The van der Waals surface area contributed by atoms with Crippen LogP contribution in [0.25, 0.3) is 0 Å². The number of methoxy groups -OCH3 is 1. The van der Waals surface area contributed by atoms with E-state index in [9.17, 15) is 18.0 Å². The Kier molecular flexibility index (Phi) is 6.42. The number of likely N-dealkylation sites (tertiary alicyclic amines) is 1. The maximum Gasteiger partial charge on any atom is 0.391 e. The molecule has 3 aliphatic heterocycles. The van der Waals surface area contributed by atoms with Crippen LogP contribution in [0.15, 0.2) is 48.5 Å². The zero-order valence-corrected chi connectivity index (χ0v) is 19.8. The number of benzene rings is 2. The first kappa shape index (κ1) is 24.0. The summed E-state index contributed by atoms with van der Waals surface area (Å²) in [6.45, 7) is 1.78. The number of halogens is 3. The van der Waals surface area contributed by atoms with Gasteiger partial charge in [0.05, 0.1) is 26.1 Å². The van der Waals surface area contributed by atoms with E-state index in [4.69, 9.17) is 9.47 Å². The number of nitrogens with zero attached hydrogens (tertiary/aromatic N) is 1. The molecule has 5 nitrogen and oxygen atoms in total. The summed E-state index contributed by atoms with van der Waals surface area (Å²) in [4.78, 5) is 15.6. The number of alkyl halides is 3. The molecule has 3 heterocycles. The highest BCUT2D eigenvalue weighted by Crippen LogP contribution is 2.50. The summed E-state index contributed by atoms with van der Waals surface area (Å²) < 4.78 is 52.3. The van der Waals surface area contributed by atoms with Crippen LogP contribution in [0.1, 0.15) is 42.7 Å². The van der Waals surface area contributed by atoms with Gasteiger partial charge in [-0.1, -0.05) is 42.5 Å². The van der Waals surface area contributed by atoms with Gasteiger partial charge in [-0.2, -0.15) is 13.2 Å². The van der Waals surface area contributed by atoms with Gasteiger partial charge in [0.25, 0.3) is 0 Å². The van der Waals surface area contributed by atoms with Gasteiger partial charge in [-0.15, -0.1) is 0 Å². The summed E-state index contributed by atoms with van der Waals surface area (Å²) in [5.74, 6) is 0.611. The van der Waals surface area contributed by atoms with Crippen molar-refractivity contribution in [1.82, 2.24) is 10.2 Å².